The molecule has 11 heteroatoms. The van der Waals surface area contributed by atoms with Crippen molar-refractivity contribution in [3.8, 4) is 0 Å². The Bertz CT molecular complexity index is 611. The SMILES string of the molecule is CN(C)c1ccc([N+]#N)cc1Cl.O=S(=O)([O-])C(F)(F)F. The zero-order valence-corrected chi connectivity index (χ0v) is 11.8. The molecule has 0 aromatic heterocycles. The molecule has 112 valence electrons. The van der Waals surface area contributed by atoms with Gasteiger partial charge in [0.05, 0.1) is 16.8 Å². The molecule has 0 spiro atoms. The van der Waals surface area contributed by atoms with Crippen molar-refractivity contribution >= 4 is 33.1 Å². The number of benzene rings is 1. The minimum Gasteiger partial charge on any atom is -0.741 e. The molecule has 0 aliphatic carbocycles. The standard InChI is InChI=1S/C8H9ClN3.CHF3O3S/c1-12(2)8-4-3-6(11-10)5-7(8)9;2-1(3,4)8(5,6)7/h3-5H,1-2H3;(H,5,6,7)/q+1;/p-1. The van der Waals surface area contributed by atoms with Gasteiger partial charge in [-0.3, -0.25) is 0 Å². The molecule has 0 heterocycles. The molecule has 0 N–H and O–H groups in total. The molecule has 0 aliphatic rings. The van der Waals surface area contributed by atoms with Gasteiger partial charge in [-0.2, -0.15) is 13.2 Å². The van der Waals surface area contributed by atoms with E-state index in [1.54, 1.807) is 18.2 Å². The zero-order valence-electron chi connectivity index (χ0n) is 10.2. The second-order valence-electron chi connectivity index (χ2n) is 3.53. The van der Waals surface area contributed by atoms with Crippen LogP contribution in [-0.4, -0.2) is 32.6 Å². The van der Waals surface area contributed by atoms with E-state index in [2.05, 4.69) is 4.98 Å². The number of diazo groups is 1. The molecule has 1 aromatic rings. The van der Waals surface area contributed by atoms with Gasteiger partial charge in [-0.25, -0.2) is 8.42 Å². The Morgan fingerprint density at radius 2 is 1.80 bits per heavy atom. The van der Waals surface area contributed by atoms with E-state index in [-0.39, 0.29) is 0 Å². The van der Waals surface area contributed by atoms with Crippen molar-refractivity contribution < 1.29 is 26.1 Å². The molecule has 0 saturated heterocycles. The molecular weight excluding hydrogens is 323 g/mol. The Hall–Kier alpha value is -1.57. The molecule has 0 unspecified atom stereocenters. The van der Waals surface area contributed by atoms with Gasteiger partial charge in [-0.05, 0) is 6.07 Å². The maximum Gasteiger partial charge on any atom is 0.485 e. The molecule has 20 heavy (non-hydrogen) atoms. The van der Waals surface area contributed by atoms with Crippen molar-refractivity contribution in [3.05, 3.63) is 28.2 Å². The summed E-state index contributed by atoms with van der Waals surface area (Å²) in [6.45, 7) is 0. The van der Waals surface area contributed by atoms with Crippen LogP contribution in [-0.2, 0) is 10.1 Å². The highest BCUT2D eigenvalue weighted by atomic mass is 35.5. The monoisotopic (exact) mass is 331 g/mol. The van der Waals surface area contributed by atoms with Crippen LogP contribution in [0, 0.1) is 5.39 Å². The van der Waals surface area contributed by atoms with Crippen molar-refractivity contribution in [3.63, 3.8) is 0 Å². The highest BCUT2D eigenvalue weighted by Gasteiger charge is 2.36. The minimum absolute atomic E-state index is 0.464. The van der Waals surface area contributed by atoms with Gasteiger partial charge in [0, 0.05) is 20.2 Å². The lowest BCUT2D eigenvalue weighted by Gasteiger charge is -2.12. The average Bonchev–Trinajstić information content (AvgIpc) is 2.26. The van der Waals surface area contributed by atoms with Gasteiger partial charge in [-0.1, -0.05) is 11.6 Å². The number of nitrogens with zero attached hydrogens (tertiary/aromatic N) is 3. The van der Waals surface area contributed by atoms with Crippen molar-refractivity contribution in [1.82, 2.24) is 0 Å². The first-order chi connectivity index (χ1) is 8.90. The first kappa shape index (κ1) is 18.4. The lowest BCUT2D eigenvalue weighted by molar-refractivity contribution is -0.0517. The number of hydrogen-bond acceptors (Lipinski definition) is 5. The van der Waals surface area contributed by atoms with E-state index in [9.17, 15) is 13.2 Å². The molecule has 0 bridgehead atoms. The van der Waals surface area contributed by atoms with Gasteiger partial charge in [0.15, 0.2) is 15.1 Å². The zero-order chi connectivity index (χ0) is 16.1. The van der Waals surface area contributed by atoms with Gasteiger partial charge in [0.2, 0.25) is 5.39 Å². The van der Waals surface area contributed by atoms with Crippen LogP contribution >= 0.6 is 11.6 Å². The van der Waals surface area contributed by atoms with Crippen LogP contribution in [0.25, 0.3) is 4.98 Å². The number of rotatable bonds is 1. The normalized spacial score (nSPS) is 11.1. The molecular formula is C9H9ClF3N3O3S. The summed E-state index contributed by atoms with van der Waals surface area (Å²) >= 11 is 5.89. The van der Waals surface area contributed by atoms with Crippen LogP contribution in [0.15, 0.2) is 18.2 Å². The Kier molecular flexibility index (Phi) is 6.21. The Morgan fingerprint density at radius 1 is 1.35 bits per heavy atom. The third-order valence-electron chi connectivity index (χ3n) is 1.81. The van der Waals surface area contributed by atoms with Crippen LogP contribution in [0.3, 0.4) is 0 Å². The first-order valence-corrected chi connectivity index (χ1v) is 6.53. The van der Waals surface area contributed by atoms with Crippen LogP contribution in [0.1, 0.15) is 0 Å². The van der Waals surface area contributed by atoms with Crippen molar-refractivity contribution in [2.24, 2.45) is 0 Å². The first-order valence-electron chi connectivity index (χ1n) is 4.74. The Balaban J connectivity index is 0.000000396. The fourth-order valence-corrected chi connectivity index (χ4v) is 1.26. The second-order valence-corrected chi connectivity index (χ2v) is 5.31. The van der Waals surface area contributed by atoms with Gasteiger partial charge in [-0.15, -0.1) is 0 Å². The summed E-state index contributed by atoms with van der Waals surface area (Å²) < 4.78 is 58.9. The lowest BCUT2D eigenvalue weighted by atomic mass is 10.3. The van der Waals surface area contributed by atoms with Gasteiger partial charge in [0.25, 0.3) is 0 Å². The summed E-state index contributed by atoms with van der Waals surface area (Å²) in [5, 5.41) is 9.02. The fraction of sp³-hybridized carbons (Fsp3) is 0.333. The summed E-state index contributed by atoms with van der Waals surface area (Å²) in [6, 6.07) is 5.11. The molecule has 0 saturated carbocycles. The van der Waals surface area contributed by atoms with E-state index in [4.69, 9.17) is 30.0 Å². The largest absolute Gasteiger partial charge is 0.741 e. The third kappa shape index (κ3) is 5.60. The molecule has 1 rings (SSSR count). The molecule has 0 aliphatic heterocycles. The summed E-state index contributed by atoms with van der Waals surface area (Å²) in [5.74, 6) is 0. The highest BCUT2D eigenvalue weighted by Crippen LogP contribution is 2.28. The fourth-order valence-electron chi connectivity index (χ4n) is 0.921. The van der Waals surface area contributed by atoms with E-state index >= 15 is 0 Å². The van der Waals surface area contributed by atoms with Gasteiger partial charge in [0.1, 0.15) is 0 Å². The van der Waals surface area contributed by atoms with E-state index in [0.717, 1.165) is 5.69 Å². The second kappa shape index (κ2) is 6.74. The summed E-state index contributed by atoms with van der Waals surface area (Å²) in [7, 11) is -2.29. The number of anilines is 1. The van der Waals surface area contributed by atoms with E-state index < -0.39 is 15.6 Å². The van der Waals surface area contributed by atoms with E-state index in [1.807, 2.05) is 19.0 Å². The lowest BCUT2D eigenvalue weighted by Crippen LogP contribution is -2.21. The van der Waals surface area contributed by atoms with Crippen LogP contribution in [0.2, 0.25) is 5.02 Å². The van der Waals surface area contributed by atoms with E-state index in [0.29, 0.717) is 10.7 Å². The molecule has 0 radical (unpaired) electrons. The summed E-state index contributed by atoms with van der Waals surface area (Å²) in [5.41, 5.74) is -4.28. The predicted molar refractivity (Wildman–Crippen MR) is 66.3 cm³/mol. The van der Waals surface area contributed by atoms with E-state index in [1.165, 1.54) is 0 Å². The third-order valence-corrected chi connectivity index (χ3v) is 2.68. The minimum atomic E-state index is -6.09. The Morgan fingerprint density at radius 3 is 2.05 bits per heavy atom. The maximum absolute atomic E-state index is 10.7. The summed E-state index contributed by atoms with van der Waals surface area (Å²) in [4.78, 5) is 4.92. The molecule has 0 amide bonds. The predicted octanol–water partition coefficient (Wildman–Crippen LogP) is 2.94. The van der Waals surface area contributed by atoms with Crippen molar-refractivity contribution in [1.29, 1.82) is 5.39 Å². The van der Waals surface area contributed by atoms with Crippen molar-refractivity contribution in [2.75, 3.05) is 19.0 Å². The Labute approximate surface area is 118 Å². The smallest absolute Gasteiger partial charge is 0.485 e. The molecule has 1 aromatic carbocycles. The number of alkyl halides is 3. The maximum atomic E-state index is 10.7. The number of halogens is 4. The average molecular weight is 332 g/mol. The quantitative estimate of drug-likeness (QED) is 0.448. The van der Waals surface area contributed by atoms with Crippen LogP contribution < -0.4 is 4.90 Å². The van der Waals surface area contributed by atoms with Gasteiger partial charge < -0.3 is 9.45 Å². The molecule has 0 atom stereocenters. The van der Waals surface area contributed by atoms with Crippen LogP contribution in [0.4, 0.5) is 24.5 Å². The molecule has 0 fully saturated rings. The topological polar surface area (TPSA) is 88.6 Å². The highest BCUT2D eigenvalue weighted by molar-refractivity contribution is 7.86. The van der Waals surface area contributed by atoms with Crippen molar-refractivity contribution in [2.45, 2.75) is 5.51 Å². The van der Waals surface area contributed by atoms with Gasteiger partial charge >= 0.3 is 11.2 Å². The van der Waals surface area contributed by atoms with Crippen LogP contribution in [0.5, 0.6) is 0 Å². The molecule has 6 nitrogen and oxygen atoms in total. The number of hydrogen-bond donors (Lipinski definition) is 0. The summed E-state index contributed by atoms with van der Waals surface area (Å²) in [6.07, 6.45) is 0.